The molecule has 0 saturated heterocycles. The van der Waals surface area contributed by atoms with Gasteiger partial charge < -0.3 is 15.2 Å². The number of benzene rings is 2. The molecule has 2 aromatic carbocycles. The van der Waals surface area contributed by atoms with Crippen molar-refractivity contribution < 1.29 is 23.1 Å². The van der Waals surface area contributed by atoms with Gasteiger partial charge in [-0.3, -0.25) is 0 Å². The lowest BCUT2D eigenvalue weighted by atomic mass is 9.67. The quantitative estimate of drug-likeness (QED) is 0.834. The van der Waals surface area contributed by atoms with Crippen LogP contribution in [-0.2, 0) is 6.18 Å². The second kappa shape index (κ2) is 6.00. The van der Waals surface area contributed by atoms with Gasteiger partial charge in [0.2, 0.25) is 0 Å². The van der Waals surface area contributed by atoms with E-state index in [-0.39, 0.29) is 23.4 Å². The molecule has 5 atom stereocenters. The number of anilines is 1. The Labute approximate surface area is 160 Å². The zero-order valence-electron chi connectivity index (χ0n) is 15.0. The fraction of sp³-hybridized carbons (Fsp3) is 0.409. The number of fused-ring (bicyclic) bond motifs is 7. The molecule has 3 aliphatic rings. The number of hydrogen-bond acceptors (Lipinski definition) is 3. The molecule has 2 fully saturated rings. The van der Waals surface area contributed by atoms with Gasteiger partial charge in [-0.15, -0.1) is 0 Å². The van der Waals surface area contributed by atoms with Gasteiger partial charge in [0.05, 0.1) is 17.6 Å². The van der Waals surface area contributed by atoms with E-state index >= 15 is 0 Å². The molecule has 3 nitrogen and oxygen atoms in total. The Balaban J connectivity index is 1.65. The maximum absolute atomic E-state index is 13.3. The average molecular weight is 386 g/mol. The highest BCUT2D eigenvalue weighted by Gasteiger charge is 2.54. The lowest BCUT2D eigenvalue weighted by molar-refractivity contribution is -0.254. The van der Waals surface area contributed by atoms with Crippen molar-refractivity contribution in [3.8, 4) is 0 Å². The molecule has 2 saturated carbocycles. The molecule has 2 aliphatic carbocycles. The Morgan fingerprint density at radius 3 is 2.57 bits per heavy atom. The Morgan fingerprint density at radius 1 is 1.07 bits per heavy atom. The third-order valence-corrected chi connectivity index (χ3v) is 6.91. The SMILES string of the molecule is O=C([O-])c1cccc2c1N[C@H](c1cccc(C(F)(F)F)c1)[C@@H]1[C@@H]3CC[C@@H](C3)[C@H]21. The number of carbonyl (C=O) groups excluding carboxylic acids is 1. The molecular weight excluding hydrogens is 367 g/mol. The summed E-state index contributed by atoms with van der Waals surface area (Å²) < 4.78 is 39.8. The number of carboxylic acid groups (broad SMARTS) is 1. The number of hydrogen-bond donors (Lipinski definition) is 1. The molecule has 1 heterocycles. The molecule has 0 spiro atoms. The van der Waals surface area contributed by atoms with Crippen LogP contribution in [0.4, 0.5) is 18.9 Å². The van der Waals surface area contributed by atoms with Crippen LogP contribution in [0.3, 0.4) is 0 Å². The molecule has 146 valence electrons. The minimum absolute atomic E-state index is 0.0794. The molecular formula is C22H19F3NO2-. The van der Waals surface area contributed by atoms with Gasteiger partial charge in [0, 0.05) is 11.3 Å². The van der Waals surface area contributed by atoms with E-state index in [0.717, 1.165) is 30.9 Å². The van der Waals surface area contributed by atoms with E-state index in [0.29, 0.717) is 23.1 Å². The summed E-state index contributed by atoms with van der Waals surface area (Å²) in [6, 6.07) is 10.3. The number of carbonyl (C=O) groups is 1. The summed E-state index contributed by atoms with van der Waals surface area (Å²) in [5.41, 5.74) is 1.46. The minimum atomic E-state index is -4.41. The van der Waals surface area contributed by atoms with Crippen molar-refractivity contribution in [2.45, 2.75) is 37.4 Å². The van der Waals surface area contributed by atoms with Gasteiger partial charge in [-0.1, -0.05) is 30.3 Å². The molecule has 0 aromatic heterocycles. The Hall–Kier alpha value is -2.50. The van der Waals surface area contributed by atoms with Crippen molar-refractivity contribution in [1.82, 2.24) is 0 Å². The topological polar surface area (TPSA) is 52.2 Å². The van der Waals surface area contributed by atoms with Gasteiger partial charge >= 0.3 is 6.18 Å². The lowest BCUT2D eigenvalue weighted by Gasteiger charge is -2.44. The summed E-state index contributed by atoms with van der Waals surface area (Å²) in [5, 5.41) is 15.0. The van der Waals surface area contributed by atoms with E-state index in [1.54, 1.807) is 12.1 Å². The number of nitrogens with one attached hydrogen (secondary N) is 1. The van der Waals surface area contributed by atoms with E-state index in [9.17, 15) is 23.1 Å². The van der Waals surface area contributed by atoms with E-state index in [1.807, 2.05) is 6.07 Å². The first-order valence-electron chi connectivity index (χ1n) is 9.62. The molecule has 1 N–H and O–H groups in total. The third kappa shape index (κ3) is 2.54. The van der Waals surface area contributed by atoms with Crippen molar-refractivity contribution >= 4 is 11.7 Å². The van der Waals surface area contributed by atoms with Gasteiger partial charge in [-0.05, 0) is 66.2 Å². The van der Waals surface area contributed by atoms with Crippen molar-refractivity contribution in [3.63, 3.8) is 0 Å². The molecule has 1 aliphatic heterocycles. The second-order valence-corrected chi connectivity index (χ2v) is 8.24. The number of carboxylic acids is 1. The van der Waals surface area contributed by atoms with Crippen LogP contribution in [-0.4, -0.2) is 5.97 Å². The van der Waals surface area contributed by atoms with Crippen LogP contribution in [0.5, 0.6) is 0 Å². The average Bonchev–Trinajstić information content (AvgIpc) is 3.28. The number of halogens is 3. The third-order valence-electron chi connectivity index (χ3n) is 6.91. The van der Waals surface area contributed by atoms with E-state index in [1.165, 1.54) is 18.2 Å². The summed E-state index contributed by atoms with van der Waals surface area (Å²) >= 11 is 0. The van der Waals surface area contributed by atoms with E-state index in [2.05, 4.69) is 5.32 Å². The maximum atomic E-state index is 13.3. The van der Waals surface area contributed by atoms with Crippen LogP contribution in [0.2, 0.25) is 0 Å². The van der Waals surface area contributed by atoms with Crippen LogP contribution in [0.15, 0.2) is 42.5 Å². The summed E-state index contributed by atoms with van der Waals surface area (Å²) in [4.78, 5) is 11.7. The normalized spacial score (nSPS) is 30.5. The Morgan fingerprint density at radius 2 is 1.82 bits per heavy atom. The van der Waals surface area contributed by atoms with Crippen molar-refractivity contribution in [1.29, 1.82) is 0 Å². The van der Waals surface area contributed by atoms with Crippen LogP contribution >= 0.6 is 0 Å². The molecule has 28 heavy (non-hydrogen) atoms. The summed E-state index contributed by atoms with van der Waals surface area (Å²) in [7, 11) is 0. The van der Waals surface area contributed by atoms with Crippen LogP contribution < -0.4 is 10.4 Å². The van der Waals surface area contributed by atoms with Gasteiger partial charge in [0.1, 0.15) is 0 Å². The molecule has 2 aromatic rings. The Kier molecular flexibility index (Phi) is 3.77. The van der Waals surface area contributed by atoms with Crippen LogP contribution in [0, 0.1) is 17.8 Å². The fourth-order valence-corrected chi connectivity index (χ4v) is 5.92. The van der Waals surface area contributed by atoms with Gasteiger partial charge in [-0.2, -0.15) is 13.2 Å². The van der Waals surface area contributed by atoms with Crippen molar-refractivity contribution in [2.24, 2.45) is 17.8 Å². The van der Waals surface area contributed by atoms with Gasteiger partial charge in [0.25, 0.3) is 0 Å². The zero-order valence-corrected chi connectivity index (χ0v) is 15.0. The largest absolute Gasteiger partial charge is 0.545 e. The lowest BCUT2D eigenvalue weighted by Crippen LogP contribution is -2.37. The molecule has 5 rings (SSSR count). The summed E-state index contributed by atoms with van der Waals surface area (Å²) in [5.74, 6) is -0.0164. The number of para-hydroxylation sites is 1. The van der Waals surface area contributed by atoms with Gasteiger partial charge in [-0.25, -0.2) is 0 Å². The van der Waals surface area contributed by atoms with Gasteiger partial charge in [0.15, 0.2) is 0 Å². The maximum Gasteiger partial charge on any atom is 0.416 e. The van der Waals surface area contributed by atoms with Crippen molar-refractivity contribution in [3.05, 3.63) is 64.7 Å². The highest BCUT2D eigenvalue weighted by Crippen LogP contribution is 2.64. The first-order valence-corrected chi connectivity index (χ1v) is 9.62. The standard InChI is InChI=1S/C22H20F3NO2/c23-22(24,25)14-4-1-3-13(10-14)19-18-12-8-7-11(9-12)17(18)15-5-2-6-16(21(27)28)20(15)26-19/h1-6,10-12,17-19,26H,7-9H2,(H,27,28)/p-1/t11-,12+,17+,18+,19+/m0/s1. The number of rotatable bonds is 2. The highest BCUT2D eigenvalue weighted by molar-refractivity contribution is 5.94. The summed E-state index contributed by atoms with van der Waals surface area (Å²) in [6.45, 7) is 0. The minimum Gasteiger partial charge on any atom is -0.545 e. The monoisotopic (exact) mass is 386 g/mol. The number of alkyl halides is 3. The molecule has 6 heteroatoms. The number of aromatic carboxylic acids is 1. The Bertz CT molecular complexity index is 955. The first kappa shape index (κ1) is 17.6. The second-order valence-electron chi connectivity index (χ2n) is 8.24. The molecule has 0 unspecified atom stereocenters. The fourth-order valence-electron chi connectivity index (χ4n) is 5.92. The van der Waals surface area contributed by atoms with Crippen LogP contribution in [0.25, 0.3) is 0 Å². The first-order chi connectivity index (χ1) is 13.3. The highest BCUT2D eigenvalue weighted by atomic mass is 19.4. The predicted molar refractivity (Wildman–Crippen MR) is 95.6 cm³/mol. The predicted octanol–water partition coefficient (Wildman–Crippen LogP) is 4.37. The molecule has 0 amide bonds. The molecule has 0 radical (unpaired) electrons. The van der Waals surface area contributed by atoms with E-state index < -0.39 is 17.7 Å². The van der Waals surface area contributed by atoms with Crippen molar-refractivity contribution in [2.75, 3.05) is 5.32 Å². The zero-order chi connectivity index (χ0) is 19.6. The summed E-state index contributed by atoms with van der Waals surface area (Å²) in [6.07, 6.45) is -1.18. The van der Waals surface area contributed by atoms with Crippen LogP contribution in [0.1, 0.15) is 58.3 Å². The molecule has 2 bridgehead atoms. The van der Waals surface area contributed by atoms with E-state index in [4.69, 9.17) is 0 Å². The smallest absolute Gasteiger partial charge is 0.416 e.